The van der Waals surface area contributed by atoms with Gasteiger partial charge in [0, 0.05) is 70.9 Å². The molecule has 10 rings (SSSR count). The third-order valence-electron chi connectivity index (χ3n) is 14.2. The number of aromatic amines is 2. The number of nitrogens with one attached hydrogen (secondary N) is 2. The number of benzene rings is 2. The molecule has 0 spiro atoms. The van der Waals surface area contributed by atoms with Gasteiger partial charge in [0.05, 0.1) is 32.8 Å². The highest BCUT2D eigenvalue weighted by atomic mass is 16.5. The standard InChI is InChI=1S/C43H52N4O5/c1-7-24-17-23-20-43(42(49)52-6)39-28(15-16-47(21-23)40(24)43)27-13-14-34(50-4)36(38(27)45-39)31-18-29-25(8-2)22-46(3)33(35(29)41(48)51-5)19-30-26-11-9-10-12-32(26)44-37(30)31/h8-14,23-24,29,31,33,35,40,44-45H,7,15-22H2,1-6H3/b25-8-/t23-,24+,29-,31+,33+,35+,40+,43-/m1/s1. The largest absolute Gasteiger partial charge is 0.496 e. The molecule has 0 amide bonds. The highest BCUT2D eigenvalue weighted by Crippen LogP contribution is 2.57. The molecule has 2 aliphatic carbocycles. The molecule has 4 aromatic rings. The fraction of sp³-hybridized carbons (Fsp3) is 0.535. The van der Waals surface area contributed by atoms with E-state index in [9.17, 15) is 9.59 Å². The maximum atomic E-state index is 14.4. The van der Waals surface area contributed by atoms with Gasteiger partial charge in [0.2, 0.25) is 0 Å². The van der Waals surface area contributed by atoms with Crippen molar-refractivity contribution in [3.05, 3.63) is 76.1 Å². The lowest BCUT2D eigenvalue weighted by molar-refractivity contribution is -0.162. The van der Waals surface area contributed by atoms with Gasteiger partial charge in [0.25, 0.3) is 0 Å². The second-order valence-corrected chi connectivity index (χ2v) is 16.3. The van der Waals surface area contributed by atoms with Crippen LogP contribution in [0, 0.1) is 23.7 Å². The summed E-state index contributed by atoms with van der Waals surface area (Å²) >= 11 is 0. The molecule has 1 unspecified atom stereocenters. The zero-order chi connectivity index (χ0) is 36.1. The molecule has 2 aromatic heterocycles. The Balaban J connectivity index is 1.32. The monoisotopic (exact) mass is 704 g/mol. The Hall–Kier alpha value is -4.08. The van der Waals surface area contributed by atoms with E-state index in [0.717, 1.165) is 78.7 Å². The van der Waals surface area contributed by atoms with E-state index in [0.29, 0.717) is 18.3 Å². The van der Waals surface area contributed by atoms with Crippen molar-refractivity contribution >= 4 is 33.7 Å². The van der Waals surface area contributed by atoms with Gasteiger partial charge in [-0.15, -0.1) is 0 Å². The maximum absolute atomic E-state index is 14.4. The van der Waals surface area contributed by atoms with Crippen LogP contribution in [0.25, 0.3) is 21.8 Å². The minimum Gasteiger partial charge on any atom is -0.496 e. The molecule has 6 heterocycles. The molecule has 3 saturated heterocycles. The minimum atomic E-state index is -0.756. The summed E-state index contributed by atoms with van der Waals surface area (Å²) in [5, 5.41) is 2.35. The number of ether oxygens (including phenoxy) is 3. The molecule has 0 radical (unpaired) electrons. The molecule has 4 aliphatic heterocycles. The number of likely N-dealkylation sites (N-methyl/N-ethyl adjacent to an activating group) is 1. The van der Waals surface area contributed by atoms with Crippen LogP contribution in [0.4, 0.5) is 0 Å². The average molecular weight is 705 g/mol. The summed E-state index contributed by atoms with van der Waals surface area (Å²) < 4.78 is 17.7. The Labute approximate surface area is 306 Å². The number of hydrogen-bond acceptors (Lipinski definition) is 7. The second-order valence-electron chi connectivity index (χ2n) is 16.3. The van der Waals surface area contributed by atoms with Gasteiger partial charge in [0.1, 0.15) is 11.2 Å². The predicted molar refractivity (Wildman–Crippen MR) is 202 cm³/mol. The average Bonchev–Trinajstić information content (AvgIpc) is 3.70. The fourth-order valence-electron chi connectivity index (χ4n) is 12.1. The molecule has 9 heteroatoms. The fourth-order valence-corrected chi connectivity index (χ4v) is 12.1. The first kappa shape index (κ1) is 33.7. The van der Waals surface area contributed by atoms with Crippen molar-refractivity contribution in [2.45, 2.75) is 75.8 Å². The third-order valence-corrected chi connectivity index (χ3v) is 14.2. The molecule has 52 heavy (non-hydrogen) atoms. The lowest BCUT2D eigenvalue weighted by Gasteiger charge is -2.57. The van der Waals surface area contributed by atoms with Gasteiger partial charge in [-0.2, -0.15) is 0 Å². The number of methoxy groups -OCH3 is 3. The maximum Gasteiger partial charge on any atom is 0.319 e. The number of carbonyl (C=O) groups excluding carboxylic acids is 2. The van der Waals surface area contributed by atoms with E-state index in [1.165, 1.54) is 41.3 Å². The van der Waals surface area contributed by atoms with Crippen LogP contribution in [-0.4, -0.2) is 91.8 Å². The first-order valence-electron chi connectivity index (χ1n) is 19.3. The normalized spacial score (nSPS) is 33.2. The molecule has 2 aromatic carbocycles. The van der Waals surface area contributed by atoms with Gasteiger partial charge < -0.3 is 24.2 Å². The number of allylic oxidation sites excluding steroid dienone is 1. The van der Waals surface area contributed by atoms with E-state index < -0.39 is 5.41 Å². The van der Waals surface area contributed by atoms with E-state index in [4.69, 9.17) is 14.2 Å². The van der Waals surface area contributed by atoms with E-state index >= 15 is 0 Å². The third kappa shape index (κ3) is 4.60. The molecule has 274 valence electrons. The van der Waals surface area contributed by atoms with Crippen LogP contribution < -0.4 is 4.74 Å². The lowest BCUT2D eigenvalue weighted by atomic mass is 9.56. The Bertz CT molecular complexity index is 2110. The number of aromatic nitrogens is 2. The van der Waals surface area contributed by atoms with Crippen molar-refractivity contribution in [1.82, 2.24) is 19.8 Å². The van der Waals surface area contributed by atoms with Crippen molar-refractivity contribution < 1.29 is 23.8 Å². The van der Waals surface area contributed by atoms with Crippen LogP contribution >= 0.6 is 0 Å². The molecular formula is C43H52N4O5. The van der Waals surface area contributed by atoms with E-state index in [1.807, 2.05) is 0 Å². The van der Waals surface area contributed by atoms with Gasteiger partial charge in [-0.1, -0.05) is 43.2 Å². The van der Waals surface area contributed by atoms with Crippen molar-refractivity contribution in [3.8, 4) is 5.75 Å². The summed E-state index contributed by atoms with van der Waals surface area (Å²) in [6.45, 7) is 7.16. The number of nitrogens with zero attached hydrogens (tertiary/aromatic N) is 2. The number of hydrogen-bond donors (Lipinski definition) is 2. The van der Waals surface area contributed by atoms with Gasteiger partial charge >= 0.3 is 11.9 Å². The molecule has 1 saturated carbocycles. The molecule has 9 atom stereocenters. The lowest BCUT2D eigenvalue weighted by Crippen LogP contribution is -2.67. The van der Waals surface area contributed by atoms with Gasteiger partial charge in [-0.25, -0.2) is 0 Å². The van der Waals surface area contributed by atoms with Crippen LogP contribution in [0.2, 0.25) is 0 Å². The first-order chi connectivity index (χ1) is 25.3. The van der Waals surface area contributed by atoms with Crippen molar-refractivity contribution in [2.24, 2.45) is 23.7 Å². The van der Waals surface area contributed by atoms with Crippen LogP contribution in [0.1, 0.15) is 73.5 Å². The molecule has 6 aliphatic rings. The smallest absolute Gasteiger partial charge is 0.319 e. The number of H-pyrrole nitrogens is 2. The topological polar surface area (TPSA) is 99.9 Å². The Morgan fingerprint density at radius 1 is 1.02 bits per heavy atom. The molecule has 2 N–H and O–H groups in total. The summed E-state index contributed by atoms with van der Waals surface area (Å²) in [4.78, 5) is 41.2. The van der Waals surface area contributed by atoms with Gasteiger partial charge in [0.15, 0.2) is 0 Å². The molecular weight excluding hydrogens is 652 g/mol. The zero-order valence-electron chi connectivity index (χ0n) is 31.4. The Morgan fingerprint density at radius 3 is 2.60 bits per heavy atom. The summed E-state index contributed by atoms with van der Waals surface area (Å²) in [6, 6.07) is 13.0. The van der Waals surface area contributed by atoms with Crippen molar-refractivity contribution in [1.29, 1.82) is 0 Å². The molecule has 4 fully saturated rings. The number of fused-ring (bicyclic) bond motifs is 9. The van der Waals surface area contributed by atoms with Crippen LogP contribution in [-0.2, 0) is 37.3 Å². The number of esters is 2. The quantitative estimate of drug-likeness (QED) is 0.181. The summed E-state index contributed by atoms with van der Waals surface area (Å²) in [6.07, 6.45) is 7.53. The Kier molecular flexibility index (Phi) is 8.12. The number of piperidine rings is 3. The molecule has 9 nitrogen and oxygen atoms in total. The van der Waals surface area contributed by atoms with E-state index in [-0.39, 0.29) is 41.8 Å². The van der Waals surface area contributed by atoms with Crippen LogP contribution in [0.3, 0.4) is 0 Å². The first-order valence-corrected chi connectivity index (χ1v) is 19.3. The van der Waals surface area contributed by atoms with Gasteiger partial charge in [-0.05, 0) is 93.2 Å². The number of para-hydroxylation sites is 1. The number of likely N-dealkylation sites (tertiary alicyclic amines) is 1. The summed E-state index contributed by atoms with van der Waals surface area (Å²) in [5.41, 5.74) is 8.43. The molecule has 6 bridgehead atoms. The van der Waals surface area contributed by atoms with Crippen LogP contribution in [0.5, 0.6) is 5.75 Å². The van der Waals surface area contributed by atoms with E-state index in [1.54, 1.807) is 14.2 Å². The van der Waals surface area contributed by atoms with Crippen molar-refractivity contribution in [2.75, 3.05) is 48.0 Å². The van der Waals surface area contributed by atoms with Gasteiger partial charge in [-0.3, -0.25) is 19.4 Å². The Morgan fingerprint density at radius 2 is 1.85 bits per heavy atom. The highest BCUT2D eigenvalue weighted by molar-refractivity contribution is 5.95. The number of rotatable bonds is 5. The van der Waals surface area contributed by atoms with Crippen LogP contribution in [0.15, 0.2) is 48.0 Å². The summed E-state index contributed by atoms with van der Waals surface area (Å²) in [7, 11) is 6.98. The highest BCUT2D eigenvalue weighted by Gasteiger charge is 2.63. The van der Waals surface area contributed by atoms with Crippen molar-refractivity contribution in [3.63, 3.8) is 0 Å². The second kappa shape index (κ2) is 12.5. The summed E-state index contributed by atoms with van der Waals surface area (Å²) in [5.74, 6) is 0.960. The minimum absolute atomic E-state index is 0.00427. The number of carbonyl (C=O) groups is 2. The zero-order valence-corrected chi connectivity index (χ0v) is 31.4. The van der Waals surface area contributed by atoms with E-state index in [2.05, 4.69) is 83.1 Å². The SMILES string of the molecule is C/C=C1/CN(C)[C@H]2Cc3c([nH]c4ccccc34)[C@H](c3c(OC)ccc4c5c([nH]c34)[C@]3(C(=O)OC)C[C@H]4C[C@H](CC)[C@@H]3N(CC5)C4)C[C@H]1[C@@H]2C(=O)OC. The predicted octanol–water partition coefficient (Wildman–Crippen LogP) is 6.49.